The fraction of sp³-hybridized carbons (Fsp3) is 0.353. The summed E-state index contributed by atoms with van der Waals surface area (Å²) in [5.74, 6) is 0.969. The van der Waals surface area contributed by atoms with Crippen molar-refractivity contribution in [1.82, 2.24) is 4.98 Å². The number of aryl methyl sites for hydroxylation is 1. The summed E-state index contributed by atoms with van der Waals surface area (Å²) >= 11 is 3.37. The Morgan fingerprint density at radius 2 is 1.86 bits per heavy atom. The van der Waals surface area contributed by atoms with Gasteiger partial charge in [0.2, 0.25) is 0 Å². The van der Waals surface area contributed by atoms with Gasteiger partial charge in [-0.1, -0.05) is 36.7 Å². The Hall–Kier alpha value is -1.55. The molecule has 2 rings (SSSR count). The summed E-state index contributed by atoms with van der Waals surface area (Å²) in [6, 6.07) is 9.22. The quantitative estimate of drug-likeness (QED) is 0.850. The minimum absolute atomic E-state index is 0.0562. The number of hydrogen-bond donors (Lipinski definition) is 1. The van der Waals surface area contributed by atoms with Crippen LogP contribution in [-0.4, -0.2) is 4.98 Å². The lowest BCUT2D eigenvalue weighted by Gasteiger charge is -2.25. The van der Waals surface area contributed by atoms with E-state index in [9.17, 15) is 4.79 Å². The summed E-state index contributed by atoms with van der Waals surface area (Å²) in [6.07, 6.45) is 0.955. The van der Waals surface area contributed by atoms with Gasteiger partial charge in [0.1, 0.15) is 5.75 Å². The largest absolute Gasteiger partial charge is 0.452 e. The number of ether oxygens (including phenoxy) is 1. The zero-order valence-electron chi connectivity index (χ0n) is 12.8. The van der Waals surface area contributed by atoms with Crippen molar-refractivity contribution in [3.8, 4) is 11.5 Å². The molecular formula is C17H20BrNO2. The molecule has 0 bridgehead atoms. The maximum Gasteiger partial charge on any atom is 0.291 e. The summed E-state index contributed by atoms with van der Waals surface area (Å²) < 4.78 is 6.65. The summed E-state index contributed by atoms with van der Waals surface area (Å²) in [4.78, 5) is 15.2. The fourth-order valence-electron chi connectivity index (χ4n) is 2.19. The molecule has 0 atom stereocenters. The van der Waals surface area contributed by atoms with E-state index in [-0.39, 0.29) is 11.0 Å². The topological polar surface area (TPSA) is 42.1 Å². The monoisotopic (exact) mass is 349 g/mol. The third kappa shape index (κ3) is 3.56. The highest BCUT2D eigenvalue weighted by Crippen LogP contribution is 2.29. The van der Waals surface area contributed by atoms with Crippen molar-refractivity contribution in [2.75, 3.05) is 0 Å². The van der Waals surface area contributed by atoms with Gasteiger partial charge in [-0.2, -0.15) is 0 Å². The SMILES string of the molecule is CCC(C)(C)c1[nH]c(=O)c(Oc2ccc(Br)cc2)cc1C. The highest BCUT2D eigenvalue weighted by molar-refractivity contribution is 9.10. The molecule has 0 aliphatic carbocycles. The number of benzene rings is 1. The third-order valence-corrected chi connectivity index (χ3v) is 4.34. The van der Waals surface area contributed by atoms with E-state index in [2.05, 4.69) is 41.7 Å². The first-order valence-electron chi connectivity index (χ1n) is 7.01. The van der Waals surface area contributed by atoms with E-state index < -0.39 is 0 Å². The molecule has 3 nitrogen and oxygen atoms in total. The Bertz CT molecular complexity index is 687. The van der Waals surface area contributed by atoms with Crippen LogP contribution in [0.2, 0.25) is 0 Å². The Kier molecular flexibility index (Phi) is 4.57. The maximum absolute atomic E-state index is 12.2. The van der Waals surface area contributed by atoms with Crippen LogP contribution in [0.3, 0.4) is 0 Å². The van der Waals surface area contributed by atoms with Crippen molar-refractivity contribution in [3.05, 3.63) is 56.4 Å². The predicted molar refractivity (Wildman–Crippen MR) is 89.3 cm³/mol. The van der Waals surface area contributed by atoms with Gasteiger partial charge in [-0.05, 0) is 49.2 Å². The molecule has 112 valence electrons. The first-order valence-corrected chi connectivity index (χ1v) is 7.80. The van der Waals surface area contributed by atoms with Crippen LogP contribution in [0.1, 0.15) is 38.4 Å². The van der Waals surface area contributed by atoms with Crippen molar-refractivity contribution in [3.63, 3.8) is 0 Å². The molecule has 0 saturated carbocycles. The first-order chi connectivity index (χ1) is 9.83. The highest BCUT2D eigenvalue weighted by Gasteiger charge is 2.22. The molecule has 1 heterocycles. The van der Waals surface area contributed by atoms with E-state index in [0.29, 0.717) is 11.5 Å². The van der Waals surface area contributed by atoms with E-state index in [1.54, 1.807) is 0 Å². The van der Waals surface area contributed by atoms with Crippen LogP contribution in [0.25, 0.3) is 0 Å². The normalized spacial score (nSPS) is 11.5. The molecule has 21 heavy (non-hydrogen) atoms. The molecule has 0 spiro atoms. The van der Waals surface area contributed by atoms with Gasteiger partial charge in [0.05, 0.1) is 0 Å². The van der Waals surface area contributed by atoms with Gasteiger partial charge in [0.25, 0.3) is 5.56 Å². The van der Waals surface area contributed by atoms with Crippen molar-refractivity contribution in [2.24, 2.45) is 0 Å². The molecule has 4 heteroatoms. The van der Waals surface area contributed by atoms with Crippen LogP contribution in [-0.2, 0) is 5.41 Å². The molecule has 1 aromatic carbocycles. The lowest BCUT2D eigenvalue weighted by Crippen LogP contribution is -2.24. The lowest BCUT2D eigenvalue weighted by molar-refractivity contribution is 0.459. The standard InChI is InChI=1S/C17H20BrNO2/c1-5-17(3,4)15-11(2)10-14(16(20)19-15)21-13-8-6-12(18)7-9-13/h6-10H,5H2,1-4H3,(H,19,20). The van der Waals surface area contributed by atoms with Crippen LogP contribution in [0.15, 0.2) is 39.6 Å². The molecule has 0 aliphatic rings. The third-order valence-electron chi connectivity index (χ3n) is 3.81. The predicted octanol–water partition coefficient (Wildman–Crippen LogP) is 4.93. The molecule has 0 radical (unpaired) electrons. The van der Waals surface area contributed by atoms with Gasteiger partial charge in [-0.3, -0.25) is 4.79 Å². The van der Waals surface area contributed by atoms with Crippen LogP contribution >= 0.6 is 15.9 Å². The number of H-pyrrole nitrogens is 1. The van der Waals surface area contributed by atoms with Gasteiger partial charge in [0.15, 0.2) is 5.75 Å². The van der Waals surface area contributed by atoms with Gasteiger partial charge in [0, 0.05) is 15.6 Å². The highest BCUT2D eigenvalue weighted by atomic mass is 79.9. The second-order valence-corrected chi connectivity index (χ2v) is 6.73. The fourth-order valence-corrected chi connectivity index (χ4v) is 2.46. The molecule has 0 saturated heterocycles. The molecule has 0 aliphatic heterocycles. The van der Waals surface area contributed by atoms with E-state index in [0.717, 1.165) is 22.2 Å². The number of rotatable bonds is 4. The van der Waals surface area contributed by atoms with E-state index in [1.807, 2.05) is 37.3 Å². The van der Waals surface area contributed by atoms with Gasteiger partial charge in [-0.25, -0.2) is 0 Å². The Labute approximate surface area is 133 Å². The van der Waals surface area contributed by atoms with Crippen molar-refractivity contribution < 1.29 is 4.74 Å². The molecule has 2 aromatic rings. The van der Waals surface area contributed by atoms with Gasteiger partial charge in [-0.15, -0.1) is 0 Å². The number of pyridine rings is 1. The second-order valence-electron chi connectivity index (χ2n) is 5.81. The second kappa shape index (κ2) is 6.06. The first kappa shape index (κ1) is 15.8. The van der Waals surface area contributed by atoms with Gasteiger partial charge < -0.3 is 9.72 Å². The number of nitrogens with one attached hydrogen (secondary N) is 1. The van der Waals surface area contributed by atoms with Crippen LogP contribution in [0.4, 0.5) is 0 Å². The smallest absolute Gasteiger partial charge is 0.291 e. The minimum Gasteiger partial charge on any atom is -0.452 e. The summed E-state index contributed by atoms with van der Waals surface area (Å²) in [6.45, 7) is 8.36. The van der Waals surface area contributed by atoms with Crippen molar-refractivity contribution >= 4 is 15.9 Å². The molecule has 1 aromatic heterocycles. The number of aromatic amines is 1. The average molecular weight is 350 g/mol. The van der Waals surface area contributed by atoms with Gasteiger partial charge >= 0.3 is 0 Å². The summed E-state index contributed by atoms with van der Waals surface area (Å²) in [5.41, 5.74) is 1.76. The van der Waals surface area contributed by atoms with Crippen molar-refractivity contribution in [2.45, 2.75) is 39.5 Å². The van der Waals surface area contributed by atoms with E-state index in [4.69, 9.17) is 4.74 Å². The molecule has 0 fully saturated rings. The number of halogens is 1. The zero-order chi connectivity index (χ0) is 15.6. The van der Waals surface area contributed by atoms with E-state index >= 15 is 0 Å². The average Bonchev–Trinajstić information content (AvgIpc) is 2.44. The van der Waals surface area contributed by atoms with Crippen LogP contribution < -0.4 is 10.3 Å². The lowest BCUT2D eigenvalue weighted by atomic mass is 9.84. The van der Waals surface area contributed by atoms with E-state index in [1.165, 1.54) is 0 Å². The Morgan fingerprint density at radius 3 is 2.43 bits per heavy atom. The molecule has 0 amide bonds. The molecular weight excluding hydrogens is 330 g/mol. The Balaban J connectivity index is 2.37. The number of hydrogen-bond acceptors (Lipinski definition) is 2. The summed E-state index contributed by atoms with van der Waals surface area (Å²) in [7, 11) is 0. The maximum atomic E-state index is 12.2. The number of aromatic nitrogens is 1. The van der Waals surface area contributed by atoms with Crippen LogP contribution in [0, 0.1) is 6.92 Å². The summed E-state index contributed by atoms with van der Waals surface area (Å²) in [5, 5.41) is 0. The Morgan fingerprint density at radius 1 is 1.24 bits per heavy atom. The zero-order valence-corrected chi connectivity index (χ0v) is 14.4. The molecule has 1 N–H and O–H groups in total. The molecule has 0 unspecified atom stereocenters. The van der Waals surface area contributed by atoms with Crippen LogP contribution in [0.5, 0.6) is 11.5 Å². The van der Waals surface area contributed by atoms with Crippen molar-refractivity contribution in [1.29, 1.82) is 0 Å². The minimum atomic E-state index is -0.194.